The number of hydrogen-bond donors (Lipinski definition) is 3. The number of ether oxygens (including phenoxy) is 2. The van der Waals surface area contributed by atoms with Crippen LogP contribution in [0.4, 0.5) is 0 Å². The molecule has 3 saturated carbocycles. The van der Waals surface area contributed by atoms with Crippen LogP contribution in [0.3, 0.4) is 0 Å². The zero-order valence-corrected chi connectivity index (χ0v) is 22.4. The average Bonchev–Trinajstić information content (AvgIpc) is 3.09. The summed E-state index contributed by atoms with van der Waals surface area (Å²) in [5.41, 5.74) is -3.80. The van der Waals surface area contributed by atoms with Crippen molar-refractivity contribution in [1.29, 1.82) is 0 Å². The first-order valence-electron chi connectivity index (χ1n) is 13.2. The fourth-order valence-electron chi connectivity index (χ4n) is 9.55. The van der Waals surface area contributed by atoms with Crippen molar-refractivity contribution in [3.05, 3.63) is 23.3 Å². The van der Waals surface area contributed by atoms with Gasteiger partial charge in [-0.05, 0) is 70.3 Å². The van der Waals surface area contributed by atoms with Gasteiger partial charge in [-0.3, -0.25) is 4.79 Å². The van der Waals surface area contributed by atoms with Gasteiger partial charge in [0.2, 0.25) is 5.79 Å². The molecule has 198 valence electrons. The van der Waals surface area contributed by atoms with Crippen molar-refractivity contribution >= 4 is 23.4 Å². The lowest BCUT2D eigenvalue weighted by Crippen LogP contribution is -2.80. The summed E-state index contributed by atoms with van der Waals surface area (Å²) in [4.78, 5) is 26.3. The van der Waals surface area contributed by atoms with Crippen LogP contribution in [0.25, 0.3) is 0 Å². The Morgan fingerprint density at radius 2 is 1.78 bits per heavy atom. The molecule has 11 atom stereocenters. The molecule has 7 nitrogen and oxygen atoms in total. The molecule has 4 fully saturated rings. The largest absolute Gasteiger partial charge is 0.429 e. The van der Waals surface area contributed by atoms with E-state index in [2.05, 4.69) is 0 Å². The van der Waals surface area contributed by atoms with Gasteiger partial charge in [-0.15, -0.1) is 11.6 Å². The predicted octanol–water partition coefficient (Wildman–Crippen LogP) is 3.38. The van der Waals surface area contributed by atoms with Gasteiger partial charge >= 0.3 is 5.97 Å². The van der Waals surface area contributed by atoms with Gasteiger partial charge in [-0.2, -0.15) is 0 Å². The average molecular weight is 521 g/mol. The Kier molecular flexibility index (Phi) is 4.89. The first-order valence-corrected chi connectivity index (χ1v) is 13.7. The Bertz CT molecular complexity index is 1130. The molecule has 36 heavy (non-hydrogen) atoms. The lowest BCUT2D eigenvalue weighted by molar-refractivity contribution is -0.472. The molecule has 1 spiro atoms. The van der Waals surface area contributed by atoms with Crippen LogP contribution in [0.5, 0.6) is 0 Å². The summed E-state index contributed by atoms with van der Waals surface area (Å²) >= 11 is 6.87. The number of ketones is 1. The molecule has 2 heterocycles. The van der Waals surface area contributed by atoms with Gasteiger partial charge in [-0.25, -0.2) is 4.79 Å². The van der Waals surface area contributed by atoms with Crippen LogP contribution >= 0.6 is 11.6 Å². The van der Waals surface area contributed by atoms with Crippen molar-refractivity contribution in [2.24, 2.45) is 34.5 Å². The molecule has 0 bridgehead atoms. The highest BCUT2D eigenvalue weighted by Gasteiger charge is 2.82. The van der Waals surface area contributed by atoms with Crippen molar-refractivity contribution in [2.45, 2.75) is 101 Å². The van der Waals surface area contributed by atoms with Crippen LogP contribution in [-0.2, 0) is 19.1 Å². The summed E-state index contributed by atoms with van der Waals surface area (Å²) in [6.07, 6.45) is 5.26. The molecule has 6 aliphatic rings. The number of hydrogen-bond acceptors (Lipinski definition) is 7. The minimum Gasteiger partial charge on any atom is -0.429 e. The van der Waals surface area contributed by atoms with Crippen molar-refractivity contribution in [3.8, 4) is 0 Å². The van der Waals surface area contributed by atoms with E-state index in [1.807, 2.05) is 20.8 Å². The van der Waals surface area contributed by atoms with Crippen LogP contribution in [0.15, 0.2) is 23.3 Å². The van der Waals surface area contributed by atoms with Gasteiger partial charge in [0.05, 0.1) is 33.3 Å². The second-order valence-electron chi connectivity index (χ2n) is 12.9. The smallest absolute Gasteiger partial charge is 0.336 e. The van der Waals surface area contributed by atoms with Gasteiger partial charge in [0.15, 0.2) is 11.6 Å². The van der Waals surface area contributed by atoms with E-state index < -0.39 is 56.8 Å². The van der Waals surface area contributed by atoms with E-state index in [0.717, 1.165) is 5.57 Å². The lowest BCUT2D eigenvalue weighted by Gasteiger charge is -2.71. The summed E-state index contributed by atoms with van der Waals surface area (Å²) in [6, 6.07) is 0. The predicted molar refractivity (Wildman–Crippen MR) is 130 cm³/mol. The van der Waals surface area contributed by atoms with Crippen molar-refractivity contribution < 1.29 is 34.4 Å². The van der Waals surface area contributed by atoms with Crippen LogP contribution in [0, 0.1) is 34.5 Å². The first-order chi connectivity index (χ1) is 16.6. The molecule has 0 unspecified atom stereocenters. The number of carbonyl (C=O) groups excluding carboxylic acids is 2. The van der Waals surface area contributed by atoms with E-state index in [1.54, 1.807) is 19.9 Å². The Morgan fingerprint density at radius 1 is 1.08 bits per heavy atom. The third kappa shape index (κ3) is 2.46. The Morgan fingerprint density at radius 3 is 2.44 bits per heavy atom. The highest BCUT2D eigenvalue weighted by molar-refractivity contribution is 6.22. The molecule has 0 radical (unpaired) electrons. The molecular weight excluding hydrogens is 484 g/mol. The quantitative estimate of drug-likeness (QED) is 0.331. The number of fused-ring (bicyclic) bond motifs is 4. The lowest BCUT2D eigenvalue weighted by atomic mass is 9.40. The monoisotopic (exact) mass is 520 g/mol. The van der Waals surface area contributed by atoms with E-state index >= 15 is 0 Å². The SMILES string of the molecule is CC1=C(C)C(=O)O[C@]2(C1)O[C@@]1(O)C[C@H]3[C@@H](C[C@H](Cl)[C@]4(O)CC=CC(=O)[C@]34C)[C@H]3CC[C@@](O)([C@@H]2C)[C@]31C. The van der Waals surface area contributed by atoms with E-state index in [-0.39, 0.29) is 36.9 Å². The standard InChI is InChI=1S/C28H37ClO7/c1-14-12-27(35-22(31)15(14)2)16(3)25(32)10-8-18-17-11-20(29)26(33)9-6-7-21(30)23(26,4)19(17)13-28(34,36-27)24(18,25)5/h6-7,16-20,32-34H,8-13H2,1-5H3/t16-,17-,18+,19-,20-,23-,24-,25+,26+,27+,28-/m0/s1. The number of halogens is 1. The van der Waals surface area contributed by atoms with Crippen LogP contribution < -0.4 is 0 Å². The van der Waals surface area contributed by atoms with Gasteiger partial charge in [-0.1, -0.05) is 25.5 Å². The summed E-state index contributed by atoms with van der Waals surface area (Å²) in [5.74, 6) is -5.42. The zero-order chi connectivity index (χ0) is 26.3. The van der Waals surface area contributed by atoms with Crippen LogP contribution in [0.2, 0.25) is 0 Å². The number of allylic oxidation sites excluding steroid dienone is 1. The fourth-order valence-corrected chi connectivity index (χ4v) is 10.1. The molecular formula is C28H37ClO7. The second-order valence-corrected chi connectivity index (χ2v) is 13.5. The fraction of sp³-hybridized carbons (Fsp3) is 0.786. The molecule has 3 N–H and O–H groups in total. The van der Waals surface area contributed by atoms with Crippen molar-refractivity contribution in [3.63, 3.8) is 0 Å². The third-order valence-electron chi connectivity index (χ3n) is 12.1. The maximum atomic E-state index is 13.5. The summed E-state index contributed by atoms with van der Waals surface area (Å²) in [7, 11) is 0. The second kappa shape index (κ2) is 7.03. The number of rotatable bonds is 0. The Balaban J connectivity index is 1.52. The highest BCUT2D eigenvalue weighted by Crippen LogP contribution is 2.75. The van der Waals surface area contributed by atoms with Crippen LogP contribution in [-0.4, -0.2) is 55.2 Å². The van der Waals surface area contributed by atoms with Crippen LogP contribution in [0.1, 0.15) is 73.1 Å². The van der Waals surface area contributed by atoms with Crippen molar-refractivity contribution in [1.82, 2.24) is 0 Å². The number of alkyl halides is 1. The first kappa shape index (κ1) is 25.1. The summed E-state index contributed by atoms with van der Waals surface area (Å²) in [6.45, 7) is 9.06. The third-order valence-corrected chi connectivity index (χ3v) is 12.6. The normalized spacial score (nSPS) is 57.9. The van der Waals surface area contributed by atoms with Gasteiger partial charge in [0, 0.05) is 18.4 Å². The number of aliphatic hydroxyl groups is 3. The molecule has 2 aliphatic heterocycles. The number of carbonyl (C=O) groups is 2. The molecule has 6 rings (SSSR count). The number of esters is 1. The molecule has 0 amide bonds. The minimum atomic E-state index is -1.88. The highest BCUT2D eigenvalue weighted by atomic mass is 35.5. The van der Waals surface area contributed by atoms with Crippen molar-refractivity contribution in [2.75, 3.05) is 0 Å². The molecule has 1 saturated heterocycles. The maximum Gasteiger partial charge on any atom is 0.336 e. The minimum absolute atomic E-state index is 0.0305. The van der Waals surface area contributed by atoms with Gasteiger partial charge < -0.3 is 24.8 Å². The van der Waals surface area contributed by atoms with Gasteiger partial charge in [0.25, 0.3) is 0 Å². The van der Waals surface area contributed by atoms with Gasteiger partial charge in [0.1, 0.15) is 0 Å². The summed E-state index contributed by atoms with van der Waals surface area (Å²) < 4.78 is 12.5. The van der Waals surface area contributed by atoms with E-state index in [9.17, 15) is 24.9 Å². The molecule has 8 heteroatoms. The molecule has 4 aliphatic carbocycles. The Labute approximate surface area is 216 Å². The van der Waals surface area contributed by atoms with E-state index in [1.165, 1.54) is 6.08 Å². The van der Waals surface area contributed by atoms with E-state index in [4.69, 9.17) is 21.1 Å². The molecule has 0 aromatic carbocycles. The Hall–Kier alpha value is -1.25. The summed E-state index contributed by atoms with van der Waals surface area (Å²) in [5, 5.41) is 36.1. The molecule has 0 aromatic heterocycles. The topological polar surface area (TPSA) is 113 Å². The van der Waals surface area contributed by atoms with E-state index in [0.29, 0.717) is 24.8 Å². The zero-order valence-electron chi connectivity index (χ0n) is 21.6. The molecule has 0 aromatic rings. The maximum absolute atomic E-state index is 13.5.